The molecule has 2 N–H and O–H groups in total. The van der Waals surface area contributed by atoms with E-state index in [-0.39, 0.29) is 13.2 Å². The van der Waals surface area contributed by atoms with Gasteiger partial charge in [0.2, 0.25) is 0 Å². The van der Waals surface area contributed by atoms with Crippen molar-refractivity contribution < 1.29 is 24.5 Å². The third-order valence-corrected chi connectivity index (χ3v) is 3.89. The predicted octanol–water partition coefficient (Wildman–Crippen LogP) is 1.08. The lowest BCUT2D eigenvalue weighted by molar-refractivity contribution is -0.190. The number of carbonyl (C=O) groups excluding carboxylic acids is 1. The molecule has 0 aromatic rings. The molecule has 3 fully saturated rings. The maximum Gasteiger partial charge on any atom is 0.410 e. The van der Waals surface area contributed by atoms with E-state index in [2.05, 4.69) is 0 Å². The van der Waals surface area contributed by atoms with Gasteiger partial charge in [0.05, 0.1) is 12.0 Å². The number of aliphatic hydroxyl groups is 1. The summed E-state index contributed by atoms with van der Waals surface area (Å²) in [6.07, 6.45) is 0.367. The summed E-state index contributed by atoms with van der Waals surface area (Å²) < 4.78 is 5.27. The number of aliphatic carboxylic acids is 1. The number of ether oxygens (including phenoxy) is 1. The topological polar surface area (TPSA) is 87.1 Å². The molecule has 0 aromatic carbocycles. The van der Waals surface area contributed by atoms with Crippen molar-refractivity contribution in [2.75, 3.05) is 19.7 Å². The number of carboxylic acid groups (broad SMARTS) is 1. The van der Waals surface area contributed by atoms with Gasteiger partial charge in [-0.1, -0.05) is 0 Å². The lowest BCUT2D eigenvalue weighted by Crippen LogP contribution is -2.68. The van der Waals surface area contributed by atoms with Crippen molar-refractivity contribution in [2.45, 2.75) is 39.2 Å². The van der Waals surface area contributed by atoms with Gasteiger partial charge in [0.15, 0.2) is 0 Å². The molecule has 0 aromatic heterocycles. The van der Waals surface area contributed by atoms with Crippen molar-refractivity contribution in [3.05, 3.63) is 0 Å². The second-order valence-corrected chi connectivity index (χ2v) is 6.93. The summed E-state index contributed by atoms with van der Waals surface area (Å²) in [7, 11) is 0. The SMILES string of the molecule is CC(C)(C)OC(=O)N1CC2(CO)CC(C(=O)O)(C1)C2. The summed E-state index contributed by atoms with van der Waals surface area (Å²) in [5.74, 6) is -0.898. The Kier molecular flexibility index (Phi) is 3.04. The molecule has 3 rings (SSSR count). The Labute approximate surface area is 112 Å². The third-order valence-electron chi connectivity index (χ3n) is 3.89. The van der Waals surface area contributed by atoms with Gasteiger partial charge in [0.1, 0.15) is 5.60 Å². The molecule has 0 spiro atoms. The first-order valence-corrected chi connectivity index (χ1v) is 6.44. The zero-order valence-corrected chi connectivity index (χ0v) is 11.6. The fourth-order valence-corrected chi connectivity index (χ4v) is 3.27. The second-order valence-electron chi connectivity index (χ2n) is 6.93. The molecule has 108 valence electrons. The van der Waals surface area contributed by atoms with E-state index in [1.807, 2.05) is 0 Å². The lowest BCUT2D eigenvalue weighted by Gasteiger charge is -2.60. The molecule has 1 amide bonds. The minimum Gasteiger partial charge on any atom is -0.481 e. The maximum absolute atomic E-state index is 12.0. The zero-order valence-electron chi connectivity index (χ0n) is 11.6. The van der Waals surface area contributed by atoms with Gasteiger partial charge in [-0.25, -0.2) is 4.79 Å². The fourth-order valence-electron chi connectivity index (χ4n) is 3.27. The lowest BCUT2D eigenvalue weighted by atomic mass is 9.50. The molecular formula is C13H21NO5. The van der Waals surface area contributed by atoms with Gasteiger partial charge in [-0.05, 0) is 33.6 Å². The van der Waals surface area contributed by atoms with Crippen LogP contribution in [0.5, 0.6) is 0 Å². The largest absolute Gasteiger partial charge is 0.481 e. The second kappa shape index (κ2) is 4.10. The van der Waals surface area contributed by atoms with E-state index in [1.54, 1.807) is 20.8 Å². The maximum atomic E-state index is 12.0. The molecule has 3 aliphatic rings. The Balaban J connectivity index is 2.12. The van der Waals surface area contributed by atoms with E-state index in [0.29, 0.717) is 19.4 Å². The molecule has 0 radical (unpaired) electrons. The van der Waals surface area contributed by atoms with E-state index < -0.39 is 28.5 Å². The first-order chi connectivity index (χ1) is 8.61. The molecule has 1 aliphatic carbocycles. The van der Waals surface area contributed by atoms with Crippen molar-refractivity contribution in [2.24, 2.45) is 10.8 Å². The molecule has 6 heteroatoms. The minimum atomic E-state index is -0.905. The Morgan fingerprint density at radius 3 is 2.26 bits per heavy atom. The van der Waals surface area contributed by atoms with E-state index in [4.69, 9.17) is 4.74 Å². The highest BCUT2D eigenvalue weighted by molar-refractivity contribution is 5.79. The number of hydrogen-bond donors (Lipinski definition) is 2. The van der Waals surface area contributed by atoms with Crippen LogP contribution in [0.4, 0.5) is 4.79 Å². The van der Waals surface area contributed by atoms with Gasteiger partial charge in [0.25, 0.3) is 0 Å². The number of aliphatic hydroxyl groups excluding tert-OH is 1. The average Bonchev–Trinajstić information content (AvgIpc) is 2.25. The Morgan fingerprint density at radius 2 is 1.84 bits per heavy atom. The number of carbonyl (C=O) groups is 2. The highest BCUT2D eigenvalue weighted by atomic mass is 16.6. The summed E-state index contributed by atoms with van der Waals surface area (Å²) >= 11 is 0. The standard InChI is InChI=1S/C13H21NO5/c1-11(2,3)19-10(18)14-6-12(8-15)4-13(5-12,7-14)9(16)17/h15H,4-8H2,1-3H3,(H,16,17). The predicted molar refractivity (Wildman–Crippen MR) is 66.6 cm³/mol. The number of fused-ring (bicyclic) bond motifs is 2. The highest BCUT2D eigenvalue weighted by Crippen LogP contribution is 2.58. The van der Waals surface area contributed by atoms with Crippen LogP contribution >= 0.6 is 0 Å². The quantitative estimate of drug-likeness (QED) is 0.784. The number of nitrogens with zero attached hydrogens (tertiary/aromatic N) is 1. The van der Waals surface area contributed by atoms with E-state index in [9.17, 15) is 19.8 Å². The average molecular weight is 271 g/mol. The Hall–Kier alpha value is -1.30. The number of piperidine rings is 2. The van der Waals surface area contributed by atoms with E-state index in [1.165, 1.54) is 4.90 Å². The highest BCUT2D eigenvalue weighted by Gasteiger charge is 2.64. The van der Waals surface area contributed by atoms with Crippen LogP contribution in [-0.4, -0.2) is 52.5 Å². The van der Waals surface area contributed by atoms with Crippen LogP contribution in [0.1, 0.15) is 33.6 Å². The van der Waals surface area contributed by atoms with Crippen LogP contribution in [-0.2, 0) is 9.53 Å². The van der Waals surface area contributed by atoms with Gasteiger partial charge in [-0.15, -0.1) is 0 Å². The van der Waals surface area contributed by atoms with Crippen LogP contribution in [0.2, 0.25) is 0 Å². The molecule has 2 heterocycles. The van der Waals surface area contributed by atoms with Gasteiger partial charge >= 0.3 is 12.1 Å². The van der Waals surface area contributed by atoms with Crippen LogP contribution in [0.3, 0.4) is 0 Å². The van der Waals surface area contributed by atoms with E-state index >= 15 is 0 Å². The zero-order chi connectivity index (χ0) is 14.5. The first-order valence-electron chi connectivity index (χ1n) is 6.44. The van der Waals surface area contributed by atoms with Gasteiger partial charge in [-0.2, -0.15) is 0 Å². The summed E-state index contributed by atoms with van der Waals surface area (Å²) in [5.41, 5.74) is -1.98. The number of hydrogen-bond acceptors (Lipinski definition) is 4. The Morgan fingerprint density at radius 1 is 1.26 bits per heavy atom. The molecule has 0 atom stereocenters. The van der Waals surface area contributed by atoms with Crippen LogP contribution in [0, 0.1) is 10.8 Å². The molecule has 6 nitrogen and oxygen atoms in total. The van der Waals surface area contributed by atoms with Crippen LogP contribution < -0.4 is 0 Å². The van der Waals surface area contributed by atoms with Crippen molar-refractivity contribution in [1.82, 2.24) is 4.90 Å². The Bertz CT molecular complexity index is 406. The van der Waals surface area contributed by atoms with Gasteiger partial charge in [0, 0.05) is 18.5 Å². The molecule has 1 saturated carbocycles. The summed E-state index contributed by atoms with van der Waals surface area (Å²) in [6.45, 7) is 5.74. The van der Waals surface area contributed by atoms with Gasteiger partial charge in [-0.3, -0.25) is 4.79 Å². The summed E-state index contributed by atoms with van der Waals surface area (Å²) in [5, 5.41) is 18.8. The summed E-state index contributed by atoms with van der Waals surface area (Å²) in [4.78, 5) is 24.8. The molecule has 0 unspecified atom stereocenters. The number of rotatable bonds is 2. The smallest absolute Gasteiger partial charge is 0.410 e. The van der Waals surface area contributed by atoms with Crippen LogP contribution in [0.15, 0.2) is 0 Å². The van der Waals surface area contributed by atoms with Crippen molar-refractivity contribution in [3.63, 3.8) is 0 Å². The minimum absolute atomic E-state index is 0.0959. The first kappa shape index (κ1) is 14.1. The molecule has 2 bridgehead atoms. The molecular weight excluding hydrogens is 250 g/mol. The molecule has 2 saturated heterocycles. The molecule has 2 aliphatic heterocycles. The fraction of sp³-hybridized carbons (Fsp3) is 0.846. The van der Waals surface area contributed by atoms with Gasteiger partial charge < -0.3 is 19.8 Å². The number of amides is 1. The van der Waals surface area contributed by atoms with E-state index in [0.717, 1.165) is 0 Å². The van der Waals surface area contributed by atoms with Crippen molar-refractivity contribution in [1.29, 1.82) is 0 Å². The van der Waals surface area contributed by atoms with Crippen molar-refractivity contribution >= 4 is 12.1 Å². The monoisotopic (exact) mass is 271 g/mol. The third kappa shape index (κ3) is 2.41. The van der Waals surface area contributed by atoms with Crippen molar-refractivity contribution in [3.8, 4) is 0 Å². The number of carboxylic acids is 1. The summed E-state index contributed by atoms with van der Waals surface area (Å²) in [6, 6.07) is 0. The normalized spacial score (nSPS) is 33.6. The van der Waals surface area contributed by atoms with Crippen LogP contribution in [0.25, 0.3) is 0 Å². The molecule has 19 heavy (non-hydrogen) atoms.